The van der Waals surface area contributed by atoms with E-state index in [1.54, 1.807) is 0 Å². The van der Waals surface area contributed by atoms with Gasteiger partial charge in [0.1, 0.15) is 11.5 Å². The molecule has 36 heavy (non-hydrogen) atoms. The summed E-state index contributed by atoms with van der Waals surface area (Å²) in [7, 11) is -11.3. The molecule has 0 heterocycles. The lowest BCUT2D eigenvalue weighted by Gasteiger charge is -2.26. The molecule has 0 radical (unpaired) electrons. The molecule has 0 fully saturated rings. The van der Waals surface area contributed by atoms with Gasteiger partial charge in [0, 0.05) is 13.2 Å². The van der Waals surface area contributed by atoms with Crippen molar-refractivity contribution in [2.75, 3.05) is 24.7 Å². The predicted octanol–water partition coefficient (Wildman–Crippen LogP) is 3.17. The van der Waals surface area contributed by atoms with Crippen molar-refractivity contribution < 1.29 is 97.6 Å². The molecule has 0 aromatic rings. The van der Waals surface area contributed by atoms with Gasteiger partial charge in [-0.2, -0.15) is 78.3 Å². The second-order valence-electron chi connectivity index (χ2n) is 6.16. The average molecular weight is 618 g/mol. The first-order valence-corrected chi connectivity index (χ1v) is 11.3. The molecule has 0 atom stereocenters. The molecule has 0 amide bonds. The summed E-state index contributed by atoms with van der Waals surface area (Å²) >= 11 is 0. The van der Waals surface area contributed by atoms with Gasteiger partial charge in [-0.15, -0.1) is 0 Å². The van der Waals surface area contributed by atoms with E-state index < -0.39 is 67.8 Å². The summed E-state index contributed by atoms with van der Waals surface area (Å²) in [5.74, 6) is -30.9. The van der Waals surface area contributed by atoms with Crippen molar-refractivity contribution in [1.82, 2.24) is 0 Å². The van der Waals surface area contributed by atoms with Gasteiger partial charge in [0.05, 0.1) is 0 Å². The molecule has 0 aliphatic carbocycles. The summed E-state index contributed by atoms with van der Waals surface area (Å²) in [6.07, 6.45) is -11.8. The summed E-state index contributed by atoms with van der Waals surface area (Å²) in [5, 5.41) is 16.2. The standard InChI is InChI=1S/2C4H3F7O3S.C4H10O2/c2*5-2(6,1-15(12,13)14)3(7,8)4(9,10)11;5-3-1-2-4-6/h2*1H2,(H,12,13,14);5-6H,1-4H2. The summed E-state index contributed by atoms with van der Waals surface area (Å²) in [6.45, 7) is 0.390. The SMILES string of the molecule is O=S(=O)(O)CC(F)(F)C(F)(F)C(F)(F)F.O=S(=O)(O)CC(F)(F)C(F)(F)C(F)(F)F.OCCCCO. The fourth-order valence-electron chi connectivity index (χ4n) is 1.28. The van der Waals surface area contributed by atoms with Gasteiger partial charge in [0.25, 0.3) is 20.2 Å². The Bertz CT molecular complexity index is 793. The maximum atomic E-state index is 12.2. The van der Waals surface area contributed by atoms with Crippen molar-refractivity contribution in [3.63, 3.8) is 0 Å². The van der Waals surface area contributed by atoms with Crippen LogP contribution in [-0.4, -0.2) is 96.9 Å². The Balaban J connectivity index is -0.000000495. The van der Waals surface area contributed by atoms with Crippen molar-refractivity contribution in [1.29, 1.82) is 0 Å². The van der Waals surface area contributed by atoms with Crippen molar-refractivity contribution in [3.8, 4) is 0 Å². The summed E-state index contributed by atoms with van der Waals surface area (Å²) in [5.41, 5.74) is 0. The van der Waals surface area contributed by atoms with E-state index >= 15 is 0 Å². The van der Waals surface area contributed by atoms with Crippen molar-refractivity contribution in [2.45, 2.75) is 48.9 Å². The second-order valence-corrected chi connectivity index (χ2v) is 9.07. The highest BCUT2D eigenvalue weighted by Gasteiger charge is 2.74. The number of unbranched alkanes of at least 4 members (excludes halogenated alkanes) is 1. The van der Waals surface area contributed by atoms with Crippen LogP contribution in [0, 0.1) is 0 Å². The van der Waals surface area contributed by atoms with Crippen LogP contribution in [0.1, 0.15) is 12.8 Å². The van der Waals surface area contributed by atoms with Crippen molar-refractivity contribution in [3.05, 3.63) is 0 Å². The van der Waals surface area contributed by atoms with Crippen LogP contribution in [-0.2, 0) is 20.2 Å². The fourth-order valence-corrected chi connectivity index (χ4v) is 2.56. The molecule has 0 unspecified atom stereocenters. The molecule has 0 spiro atoms. The lowest BCUT2D eigenvalue weighted by Crippen LogP contribution is -2.55. The first kappa shape index (κ1) is 39.3. The van der Waals surface area contributed by atoms with E-state index in [0.29, 0.717) is 0 Å². The maximum Gasteiger partial charge on any atom is 0.459 e. The molecule has 24 heteroatoms. The minimum atomic E-state index is -6.61. The highest BCUT2D eigenvalue weighted by molar-refractivity contribution is 7.86. The first-order chi connectivity index (χ1) is 15.3. The van der Waals surface area contributed by atoms with Crippen molar-refractivity contribution in [2.24, 2.45) is 0 Å². The maximum absolute atomic E-state index is 12.2. The van der Waals surface area contributed by atoms with Crippen LogP contribution in [0.25, 0.3) is 0 Å². The number of hydrogen-bond donors (Lipinski definition) is 4. The van der Waals surface area contributed by atoms with Crippen LogP contribution in [0.2, 0.25) is 0 Å². The normalized spacial score (nSPS) is 14.4. The molecule has 222 valence electrons. The van der Waals surface area contributed by atoms with E-state index in [0.717, 1.165) is 12.8 Å². The molecule has 8 nitrogen and oxygen atoms in total. The van der Waals surface area contributed by atoms with Crippen LogP contribution in [0.3, 0.4) is 0 Å². The Hall–Kier alpha value is -1.24. The van der Waals surface area contributed by atoms with Crippen LogP contribution >= 0.6 is 0 Å². The van der Waals surface area contributed by atoms with Crippen LogP contribution in [0.4, 0.5) is 61.5 Å². The Labute approximate surface area is 192 Å². The van der Waals surface area contributed by atoms with E-state index in [2.05, 4.69) is 0 Å². The highest BCUT2D eigenvalue weighted by Crippen LogP contribution is 2.47. The van der Waals surface area contributed by atoms with Gasteiger partial charge < -0.3 is 10.2 Å². The zero-order valence-corrected chi connectivity index (χ0v) is 18.4. The topological polar surface area (TPSA) is 149 Å². The molecular weight excluding hydrogens is 602 g/mol. The lowest BCUT2D eigenvalue weighted by molar-refractivity contribution is -0.348. The zero-order chi connectivity index (χ0) is 30.2. The van der Waals surface area contributed by atoms with Crippen LogP contribution in [0.15, 0.2) is 0 Å². The Morgan fingerprint density at radius 3 is 0.778 bits per heavy atom. The molecule has 0 saturated carbocycles. The Kier molecular flexibility index (Phi) is 14.2. The minimum absolute atomic E-state index is 0.195. The molecule has 0 aromatic heterocycles. The van der Waals surface area contributed by atoms with Crippen LogP contribution < -0.4 is 0 Å². The number of alkyl halides is 14. The van der Waals surface area contributed by atoms with Gasteiger partial charge in [-0.25, -0.2) is 0 Å². The van der Waals surface area contributed by atoms with Gasteiger partial charge in [-0.3, -0.25) is 9.11 Å². The molecule has 0 aliphatic heterocycles. The zero-order valence-electron chi connectivity index (χ0n) is 16.8. The molecule has 0 aromatic carbocycles. The van der Waals surface area contributed by atoms with Crippen LogP contribution in [0.5, 0.6) is 0 Å². The molecule has 0 saturated heterocycles. The first-order valence-electron chi connectivity index (χ1n) is 8.09. The van der Waals surface area contributed by atoms with Gasteiger partial charge >= 0.3 is 36.0 Å². The Morgan fingerprint density at radius 1 is 0.472 bits per heavy atom. The predicted molar refractivity (Wildman–Crippen MR) is 88.1 cm³/mol. The monoisotopic (exact) mass is 618 g/mol. The summed E-state index contributed by atoms with van der Waals surface area (Å²) < 4.78 is 220. The highest BCUT2D eigenvalue weighted by atomic mass is 32.2. The smallest absolute Gasteiger partial charge is 0.396 e. The van der Waals surface area contributed by atoms with E-state index in [1.807, 2.05) is 0 Å². The third-order valence-corrected chi connectivity index (χ3v) is 4.38. The quantitative estimate of drug-likeness (QED) is 0.175. The fraction of sp³-hybridized carbons (Fsp3) is 1.00. The third kappa shape index (κ3) is 13.3. The molecule has 0 rings (SSSR count). The van der Waals surface area contributed by atoms with Gasteiger partial charge in [0.2, 0.25) is 0 Å². The molecule has 0 bridgehead atoms. The second kappa shape index (κ2) is 13.0. The van der Waals surface area contributed by atoms with E-state index in [4.69, 9.17) is 19.3 Å². The summed E-state index contributed by atoms with van der Waals surface area (Å²) in [4.78, 5) is 0. The number of hydrogen-bond acceptors (Lipinski definition) is 6. The van der Waals surface area contributed by atoms with E-state index in [9.17, 15) is 78.3 Å². The van der Waals surface area contributed by atoms with E-state index in [1.165, 1.54) is 0 Å². The third-order valence-electron chi connectivity index (χ3n) is 2.92. The number of aliphatic hydroxyl groups excluding tert-OH is 2. The number of rotatable bonds is 9. The van der Waals surface area contributed by atoms with E-state index in [-0.39, 0.29) is 13.2 Å². The molecule has 4 N–H and O–H groups in total. The van der Waals surface area contributed by atoms with Crippen molar-refractivity contribution >= 4 is 20.2 Å². The molecular formula is C12H16F14O8S2. The summed E-state index contributed by atoms with van der Waals surface area (Å²) in [6, 6.07) is 0. The lowest BCUT2D eigenvalue weighted by atomic mass is 10.2. The average Bonchev–Trinajstić information content (AvgIpc) is 2.54. The number of aliphatic hydroxyl groups is 2. The Morgan fingerprint density at radius 2 is 0.667 bits per heavy atom. The van der Waals surface area contributed by atoms with Gasteiger partial charge in [-0.1, -0.05) is 0 Å². The molecule has 0 aliphatic rings. The van der Waals surface area contributed by atoms with Gasteiger partial charge in [0.15, 0.2) is 0 Å². The van der Waals surface area contributed by atoms with Gasteiger partial charge in [-0.05, 0) is 12.8 Å². The number of halogens is 14. The minimum Gasteiger partial charge on any atom is -0.396 e. The largest absolute Gasteiger partial charge is 0.459 e.